The number of aldehydes is 1. The lowest BCUT2D eigenvalue weighted by atomic mass is 9.92. The molecule has 1 aliphatic heterocycles. The van der Waals surface area contributed by atoms with E-state index in [1.165, 1.54) is 12.8 Å². The maximum Gasteiger partial charge on any atom is 0.131 e. The van der Waals surface area contributed by atoms with Crippen LogP contribution in [-0.4, -0.2) is 15.8 Å². The molecule has 2 heterocycles. The molecule has 0 radical (unpaired) electrons. The summed E-state index contributed by atoms with van der Waals surface area (Å²) in [6, 6.07) is 0. The fourth-order valence-corrected chi connectivity index (χ4v) is 1.78. The van der Waals surface area contributed by atoms with Crippen molar-refractivity contribution in [2.24, 2.45) is 0 Å². The van der Waals surface area contributed by atoms with Gasteiger partial charge in [0.05, 0.1) is 11.1 Å². The van der Waals surface area contributed by atoms with Gasteiger partial charge in [-0.1, -0.05) is 0 Å². The highest BCUT2D eigenvalue weighted by molar-refractivity contribution is 5.65. The van der Waals surface area contributed by atoms with E-state index in [-0.39, 0.29) is 0 Å². The molecule has 3 heteroatoms. The normalized spacial score (nSPS) is 16.4. The van der Waals surface area contributed by atoms with E-state index in [0.717, 1.165) is 30.8 Å². The van der Waals surface area contributed by atoms with Crippen LogP contribution in [0.5, 0.6) is 0 Å². The van der Waals surface area contributed by atoms with Crippen molar-refractivity contribution in [3.8, 4) is 0 Å². The lowest BCUT2D eigenvalue weighted by Crippen LogP contribution is -2.19. The van der Waals surface area contributed by atoms with E-state index < -0.39 is 5.41 Å². The van der Waals surface area contributed by atoms with Gasteiger partial charge in [-0.15, -0.1) is 0 Å². The minimum atomic E-state index is -0.440. The molecule has 0 bridgehead atoms. The quantitative estimate of drug-likeness (QED) is 0.668. The van der Waals surface area contributed by atoms with Crippen molar-refractivity contribution >= 4 is 6.29 Å². The van der Waals surface area contributed by atoms with E-state index in [1.54, 1.807) is 0 Å². The molecule has 0 aliphatic carbocycles. The van der Waals surface area contributed by atoms with Gasteiger partial charge in [0.1, 0.15) is 12.1 Å². The zero-order valence-corrected chi connectivity index (χ0v) is 8.79. The summed E-state index contributed by atoms with van der Waals surface area (Å²) in [7, 11) is 0. The summed E-state index contributed by atoms with van der Waals surface area (Å²) in [5, 5.41) is 0. The third-order valence-electron chi connectivity index (χ3n) is 2.86. The van der Waals surface area contributed by atoms with Gasteiger partial charge in [0.15, 0.2) is 0 Å². The number of hydrogen-bond donors (Lipinski definition) is 0. The average molecular weight is 192 g/mol. The summed E-state index contributed by atoms with van der Waals surface area (Å²) < 4.78 is 2.18. The van der Waals surface area contributed by atoms with E-state index in [2.05, 4.69) is 9.55 Å². The minimum absolute atomic E-state index is 0.440. The number of hydrogen-bond acceptors (Lipinski definition) is 2. The molecular formula is C11H16N2O. The van der Waals surface area contributed by atoms with Crippen LogP contribution in [0.3, 0.4) is 0 Å². The van der Waals surface area contributed by atoms with Gasteiger partial charge in [-0.25, -0.2) is 4.98 Å². The molecule has 0 atom stereocenters. The van der Waals surface area contributed by atoms with Crippen molar-refractivity contribution < 1.29 is 4.79 Å². The summed E-state index contributed by atoms with van der Waals surface area (Å²) in [5.41, 5.74) is 0.467. The highest BCUT2D eigenvalue weighted by Crippen LogP contribution is 2.22. The Bertz CT molecular complexity index is 329. The standard InChI is InChI=1S/C11H16N2O/c1-11(2,8-14)9-7-13-6-4-3-5-10(13)12-9/h7-8H,3-6H2,1-2H3. The first-order valence-electron chi connectivity index (χ1n) is 5.16. The molecule has 1 aromatic rings. The third-order valence-corrected chi connectivity index (χ3v) is 2.86. The lowest BCUT2D eigenvalue weighted by molar-refractivity contribution is -0.111. The summed E-state index contributed by atoms with van der Waals surface area (Å²) >= 11 is 0. The van der Waals surface area contributed by atoms with Crippen molar-refractivity contribution in [3.63, 3.8) is 0 Å². The topological polar surface area (TPSA) is 34.9 Å². The minimum Gasteiger partial charge on any atom is -0.335 e. The van der Waals surface area contributed by atoms with Crippen LogP contribution in [0, 0.1) is 0 Å². The Morgan fingerprint density at radius 1 is 1.50 bits per heavy atom. The molecule has 14 heavy (non-hydrogen) atoms. The number of rotatable bonds is 2. The van der Waals surface area contributed by atoms with Gasteiger partial charge in [0.2, 0.25) is 0 Å². The number of nitrogens with zero attached hydrogens (tertiary/aromatic N) is 2. The van der Waals surface area contributed by atoms with Crippen LogP contribution in [0.1, 0.15) is 38.2 Å². The molecule has 0 saturated heterocycles. The summed E-state index contributed by atoms with van der Waals surface area (Å²) in [6.45, 7) is 4.87. The Labute approximate surface area is 84.1 Å². The van der Waals surface area contributed by atoms with Crippen LogP contribution in [0.15, 0.2) is 6.20 Å². The van der Waals surface area contributed by atoms with Crippen molar-refractivity contribution in [1.82, 2.24) is 9.55 Å². The molecule has 0 spiro atoms. The highest BCUT2D eigenvalue weighted by atomic mass is 16.1. The van der Waals surface area contributed by atoms with Crippen LogP contribution in [0.25, 0.3) is 0 Å². The fraction of sp³-hybridized carbons (Fsp3) is 0.636. The zero-order valence-electron chi connectivity index (χ0n) is 8.79. The molecular weight excluding hydrogens is 176 g/mol. The lowest BCUT2D eigenvalue weighted by Gasteiger charge is -2.12. The molecule has 1 aliphatic rings. The van der Waals surface area contributed by atoms with Crippen molar-refractivity contribution in [3.05, 3.63) is 17.7 Å². The number of fused-ring (bicyclic) bond motifs is 1. The molecule has 76 valence electrons. The molecule has 0 amide bonds. The molecule has 2 rings (SSSR count). The van der Waals surface area contributed by atoms with E-state index in [4.69, 9.17) is 0 Å². The Kier molecular flexibility index (Phi) is 2.17. The predicted molar refractivity (Wildman–Crippen MR) is 54.3 cm³/mol. The molecule has 3 nitrogen and oxygen atoms in total. The van der Waals surface area contributed by atoms with E-state index in [9.17, 15) is 4.79 Å². The summed E-state index contributed by atoms with van der Waals surface area (Å²) in [4.78, 5) is 15.4. The van der Waals surface area contributed by atoms with Gasteiger partial charge in [0, 0.05) is 19.2 Å². The SMILES string of the molecule is CC(C)(C=O)c1cn2c(n1)CCCC2. The number of aryl methyl sites for hydroxylation is 2. The average Bonchev–Trinajstić information content (AvgIpc) is 2.61. The smallest absolute Gasteiger partial charge is 0.131 e. The number of carbonyl (C=O) groups is 1. The number of aromatic nitrogens is 2. The summed E-state index contributed by atoms with van der Waals surface area (Å²) in [5.74, 6) is 1.14. The van der Waals surface area contributed by atoms with E-state index >= 15 is 0 Å². The Balaban J connectivity index is 2.37. The number of imidazole rings is 1. The maximum absolute atomic E-state index is 10.9. The number of carbonyl (C=O) groups excluding carboxylic acids is 1. The molecule has 0 unspecified atom stereocenters. The molecule has 1 aromatic heterocycles. The van der Waals surface area contributed by atoms with Crippen molar-refractivity contribution in [2.75, 3.05) is 0 Å². The molecule has 0 saturated carbocycles. The zero-order chi connectivity index (χ0) is 10.2. The first kappa shape index (κ1) is 9.44. The van der Waals surface area contributed by atoms with Crippen molar-refractivity contribution in [1.29, 1.82) is 0 Å². The van der Waals surface area contributed by atoms with Crippen molar-refractivity contribution in [2.45, 2.75) is 45.1 Å². The molecule has 0 N–H and O–H groups in total. The predicted octanol–water partition coefficient (Wildman–Crippen LogP) is 1.70. The van der Waals surface area contributed by atoms with Gasteiger partial charge in [0.25, 0.3) is 0 Å². The second-order valence-corrected chi connectivity index (χ2v) is 4.53. The van der Waals surface area contributed by atoms with Gasteiger partial charge in [-0.2, -0.15) is 0 Å². The van der Waals surface area contributed by atoms with Crippen LogP contribution in [0.2, 0.25) is 0 Å². The highest BCUT2D eigenvalue weighted by Gasteiger charge is 2.24. The largest absolute Gasteiger partial charge is 0.335 e. The van der Waals surface area contributed by atoms with Crippen LogP contribution < -0.4 is 0 Å². The Morgan fingerprint density at radius 3 is 2.93 bits per heavy atom. The Morgan fingerprint density at radius 2 is 2.29 bits per heavy atom. The fourth-order valence-electron chi connectivity index (χ4n) is 1.78. The van der Waals surface area contributed by atoms with Crippen LogP contribution in [0.4, 0.5) is 0 Å². The first-order chi connectivity index (χ1) is 6.63. The Hall–Kier alpha value is -1.12. The summed E-state index contributed by atoms with van der Waals surface area (Å²) in [6.07, 6.45) is 6.50. The maximum atomic E-state index is 10.9. The van der Waals surface area contributed by atoms with Gasteiger partial charge in [-0.3, -0.25) is 0 Å². The van der Waals surface area contributed by atoms with Gasteiger partial charge in [-0.05, 0) is 26.7 Å². The monoisotopic (exact) mass is 192 g/mol. The van der Waals surface area contributed by atoms with Crippen LogP contribution in [-0.2, 0) is 23.2 Å². The van der Waals surface area contributed by atoms with Gasteiger partial charge < -0.3 is 9.36 Å². The third kappa shape index (κ3) is 1.47. The second kappa shape index (κ2) is 3.23. The first-order valence-corrected chi connectivity index (χ1v) is 5.16. The molecule has 0 aromatic carbocycles. The van der Waals surface area contributed by atoms with E-state index in [1.807, 2.05) is 20.0 Å². The molecule has 0 fully saturated rings. The second-order valence-electron chi connectivity index (χ2n) is 4.53. The van der Waals surface area contributed by atoms with Crippen LogP contribution >= 0.6 is 0 Å². The van der Waals surface area contributed by atoms with Gasteiger partial charge >= 0.3 is 0 Å². The van der Waals surface area contributed by atoms with E-state index in [0.29, 0.717) is 0 Å².